The zero-order valence-electron chi connectivity index (χ0n) is 20.0. The molecule has 5 nitrogen and oxygen atoms in total. The predicted molar refractivity (Wildman–Crippen MR) is 136 cm³/mol. The molecule has 0 amide bonds. The van der Waals surface area contributed by atoms with Gasteiger partial charge in [0.05, 0.1) is 11.2 Å². The zero-order chi connectivity index (χ0) is 23.3. The maximum absolute atomic E-state index is 10.6. The van der Waals surface area contributed by atoms with E-state index in [1.54, 1.807) is 23.5 Å². The van der Waals surface area contributed by atoms with Crippen molar-refractivity contribution in [2.45, 2.75) is 133 Å². The smallest absolute Gasteiger partial charge is 0.111 e. The molecule has 0 fully saturated rings. The van der Waals surface area contributed by atoms with Gasteiger partial charge in [0, 0.05) is 0 Å². The van der Waals surface area contributed by atoms with Crippen LogP contribution in [0.15, 0.2) is 0 Å². The van der Waals surface area contributed by atoms with Crippen molar-refractivity contribution < 1.29 is 25.5 Å². The van der Waals surface area contributed by atoms with Crippen LogP contribution in [0.2, 0.25) is 0 Å². The second kappa shape index (κ2) is 22.3. The molecule has 31 heavy (non-hydrogen) atoms. The number of aliphatic hydroxyl groups excluding tert-OH is 5. The molecule has 0 rings (SSSR count). The standard InChI is InChI=1S/C24H50O5S2/c1-3-5-7-9-11-13-15-17-30-24(23(29)22(28)21(27)20(26)19-25)31-18-16-14-12-10-8-6-4-2/h20-29H,3-19H2,1-2H3. The first kappa shape index (κ1) is 31.5. The van der Waals surface area contributed by atoms with Crippen LogP contribution in [-0.2, 0) is 0 Å². The van der Waals surface area contributed by atoms with Crippen molar-refractivity contribution in [2.24, 2.45) is 0 Å². The summed E-state index contributed by atoms with van der Waals surface area (Å²) in [4.78, 5) is 0. The molecule has 188 valence electrons. The number of hydrogen-bond donors (Lipinski definition) is 5. The van der Waals surface area contributed by atoms with Crippen LogP contribution >= 0.6 is 23.5 Å². The molecule has 0 radical (unpaired) electrons. The summed E-state index contributed by atoms with van der Waals surface area (Å²) in [5.41, 5.74) is 0. The molecule has 0 aromatic heterocycles. The van der Waals surface area contributed by atoms with Gasteiger partial charge in [-0.1, -0.05) is 90.9 Å². The summed E-state index contributed by atoms with van der Waals surface area (Å²) in [6.45, 7) is 3.79. The lowest BCUT2D eigenvalue weighted by Gasteiger charge is -2.30. The summed E-state index contributed by atoms with van der Waals surface area (Å²) < 4.78 is -0.254. The van der Waals surface area contributed by atoms with Crippen LogP contribution in [0, 0.1) is 0 Å². The summed E-state index contributed by atoms with van der Waals surface area (Å²) in [7, 11) is 0. The minimum atomic E-state index is -1.55. The Labute approximate surface area is 199 Å². The Morgan fingerprint density at radius 1 is 0.516 bits per heavy atom. The fourth-order valence-corrected chi connectivity index (χ4v) is 6.35. The first-order valence-corrected chi connectivity index (χ1v) is 14.7. The number of aliphatic hydroxyl groups is 5. The lowest BCUT2D eigenvalue weighted by Crippen LogP contribution is -2.48. The molecule has 4 unspecified atom stereocenters. The van der Waals surface area contributed by atoms with E-state index in [2.05, 4.69) is 13.8 Å². The van der Waals surface area contributed by atoms with Crippen LogP contribution in [-0.4, -0.2) is 72.6 Å². The summed E-state index contributed by atoms with van der Waals surface area (Å²) in [6, 6.07) is 0. The molecule has 0 heterocycles. The van der Waals surface area contributed by atoms with E-state index in [0.29, 0.717) is 0 Å². The van der Waals surface area contributed by atoms with Crippen LogP contribution in [0.5, 0.6) is 0 Å². The summed E-state index contributed by atoms with van der Waals surface area (Å²) >= 11 is 3.27. The maximum atomic E-state index is 10.6. The highest BCUT2D eigenvalue weighted by Gasteiger charge is 2.35. The maximum Gasteiger partial charge on any atom is 0.111 e. The minimum absolute atomic E-state index is 0.254. The molecule has 4 atom stereocenters. The van der Waals surface area contributed by atoms with E-state index in [1.165, 1.54) is 77.0 Å². The first-order chi connectivity index (χ1) is 15.0. The summed E-state index contributed by atoms with van der Waals surface area (Å²) in [5.74, 6) is 1.82. The van der Waals surface area contributed by atoms with Crippen molar-refractivity contribution in [3.8, 4) is 0 Å². The van der Waals surface area contributed by atoms with Gasteiger partial charge in [-0.05, 0) is 24.3 Å². The van der Waals surface area contributed by atoms with E-state index >= 15 is 0 Å². The van der Waals surface area contributed by atoms with Crippen LogP contribution in [0.3, 0.4) is 0 Å². The average Bonchev–Trinajstić information content (AvgIpc) is 2.78. The third kappa shape index (κ3) is 16.7. The molecule has 0 saturated heterocycles. The van der Waals surface area contributed by atoms with Gasteiger partial charge in [0.2, 0.25) is 0 Å². The highest BCUT2D eigenvalue weighted by atomic mass is 32.2. The first-order valence-electron chi connectivity index (χ1n) is 12.6. The Balaban J connectivity index is 4.37. The molecule has 0 aromatic rings. The minimum Gasteiger partial charge on any atom is -0.394 e. The molecular weight excluding hydrogens is 432 g/mol. The lowest BCUT2D eigenvalue weighted by atomic mass is 10.0. The highest BCUT2D eigenvalue weighted by molar-refractivity contribution is 8.17. The third-order valence-electron chi connectivity index (χ3n) is 5.62. The normalized spacial score (nSPS) is 15.9. The van der Waals surface area contributed by atoms with Gasteiger partial charge in [-0.15, -0.1) is 23.5 Å². The van der Waals surface area contributed by atoms with E-state index in [1.807, 2.05) is 0 Å². The third-order valence-corrected chi connectivity index (χ3v) is 8.70. The van der Waals surface area contributed by atoms with Gasteiger partial charge in [-0.2, -0.15) is 0 Å². The molecule has 0 bridgehead atoms. The summed E-state index contributed by atoms with van der Waals surface area (Å²) in [6.07, 6.45) is 11.6. The largest absolute Gasteiger partial charge is 0.394 e. The summed E-state index contributed by atoms with van der Waals surface area (Å²) in [5, 5.41) is 49.6. The molecule has 5 N–H and O–H groups in total. The molecule has 0 saturated carbocycles. The van der Waals surface area contributed by atoms with E-state index in [-0.39, 0.29) is 4.58 Å². The predicted octanol–water partition coefficient (Wildman–Crippen LogP) is 4.72. The second-order valence-electron chi connectivity index (χ2n) is 8.57. The van der Waals surface area contributed by atoms with E-state index in [0.717, 1.165) is 24.3 Å². The number of rotatable bonds is 23. The van der Waals surface area contributed by atoms with E-state index in [4.69, 9.17) is 5.11 Å². The number of hydrogen-bond acceptors (Lipinski definition) is 7. The number of unbranched alkanes of at least 4 members (excludes halogenated alkanes) is 12. The SMILES string of the molecule is CCCCCCCCCSC(SCCCCCCCCC)C(O)C(O)C(O)C(O)CO. The topological polar surface area (TPSA) is 101 Å². The number of thioether (sulfide) groups is 2. The van der Waals surface area contributed by atoms with Crippen molar-refractivity contribution in [2.75, 3.05) is 18.1 Å². The van der Waals surface area contributed by atoms with Crippen LogP contribution in [0.25, 0.3) is 0 Å². The van der Waals surface area contributed by atoms with Gasteiger partial charge in [0.1, 0.15) is 24.4 Å². The van der Waals surface area contributed by atoms with E-state index < -0.39 is 31.0 Å². The molecule has 0 aliphatic rings. The van der Waals surface area contributed by atoms with Crippen molar-refractivity contribution in [3.63, 3.8) is 0 Å². The molecule has 0 aromatic carbocycles. The zero-order valence-corrected chi connectivity index (χ0v) is 21.6. The van der Waals surface area contributed by atoms with Gasteiger partial charge < -0.3 is 25.5 Å². The van der Waals surface area contributed by atoms with Crippen LogP contribution in [0.1, 0.15) is 104 Å². The monoisotopic (exact) mass is 482 g/mol. The Hall–Kier alpha value is 0.500. The van der Waals surface area contributed by atoms with Gasteiger partial charge >= 0.3 is 0 Å². The lowest BCUT2D eigenvalue weighted by molar-refractivity contribution is -0.111. The van der Waals surface area contributed by atoms with Crippen molar-refractivity contribution >= 4 is 23.5 Å². The highest BCUT2D eigenvalue weighted by Crippen LogP contribution is 2.31. The van der Waals surface area contributed by atoms with Crippen LogP contribution in [0.4, 0.5) is 0 Å². The fraction of sp³-hybridized carbons (Fsp3) is 1.00. The van der Waals surface area contributed by atoms with Gasteiger partial charge in [0.15, 0.2) is 0 Å². The second-order valence-corrected chi connectivity index (χ2v) is 11.4. The Kier molecular flexibility index (Phi) is 22.7. The Bertz CT molecular complexity index is 356. The molecule has 0 spiro atoms. The van der Waals surface area contributed by atoms with Crippen molar-refractivity contribution in [1.82, 2.24) is 0 Å². The Morgan fingerprint density at radius 3 is 1.29 bits per heavy atom. The van der Waals surface area contributed by atoms with Crippen molar-refractivity contribution in [1.29, 1.82) is 0 Å². The quantitative estimate of drug-likeness (QED) is 0.106. The molecule has 0 aliphatic carbocycles. The molecule has 7 heteroatoms. The van der Waals surface area contributed by atoms with E-state index in [9.17, 15) is 20.4 Å². The Morgan fingerprint density at radius 2 is 0.903 bits per heavy atom. The van der Waals surface area contributed by atoms with Crippen LogP contribution < -0.4 is 0 Å². The fourth-order valence-electron chi connectivity index (χ4n) is 3.46. The molecule has 0 aliphatic heterocycles. The van der Waals surface area contributed by atoms with Gasteiger partial charge in [0.25, 0.3) is 0 Å². The average molecular weight is 483 g/mol. The van der Waals surface area contributed by atoms with Gasteiger partial charge in [-0.3, -0.25) is 0 Å². The molecular formula is C24H50O5S2. The van der Waals surface area contributed by atoms with Crippen molar-refractivity contribution in [3.05, 3.63) is 0 Å². The van der Waals surface area contributed by atoms with Gasteiger partial charge in [-0.25, -0.2) is 0 Å².